The summed E-state index contributed by atoms with van der Waals surface area (Å²) in [5, 5.41) is 21.1. The zero-order valence-electron chi connectivity index (χ0n) is 20.7. The van der Waals surface area contributed by atoms with Gasteiger partial charge in [0.05, 0.1) is 9.95 Å². The summed E-state index contributed by atoms with van der Waals surface area (Å²) in [4.78, 5) is 50.8. The van der Waals surface area contributed by atoms with Crippen LogP contribution in [0.5, 0.6) is 5.75 Å². The van der Waals surface area contributed by atoms with Gasteiger partial charge in [0.1, 0.15) is 18.9 Å². The molecule has 2 aliphatic carbocycles. The van der Waals surface area contributed by atoms with Crippen LogP contribution in [0.1, 0.15) is 55.6 Å². The molecule has 0 atom stereocenters. The van der Waals surface area contributed by atoms with Crippen LogP contribution in [0.2, 0.25) is 10.0 Å². The number of carboxylic acid groups (broad SMARTS) is 1. The second-order valence-corrected chi connectivity index (χ2v) is 10.5. The highest BCUT2D eigenvalue weighted by atomic mass is 35.5. The fourth-order valence-electron chi connectivity index (χ4n) is 5.67. The number of hydrogen-bond acceptors (Lipinski definition) is 7. The van der Waals surface area contributed by atoms with Crippen LogP contribution in [-0.2, 0) is 21.0 Å². The predicted molar refractivity (Wildman–Crippen MR) is 143 cm³/mol. The summed E-state index contributed by atoms with van der Waals surface area (Å²) >= 11 is 13.1. The van der Waals surface area contributed by atoms with Crippen LogP contribution in [0.4, 0.5) is 5.69 Å². The highest BCUT2D eigenvalue weighted by Gasteiger charge is 2.45. The maximum Gasteiger partial charge on any atom is 0.323 e. The number of Topliss-reactive ketones (excluding diaryl/α,β-unsaturated/α-hetero) is 2. The SMILES string of the molecule is O=C(O)CN1C2=C(C(=O)CCC2)C(c2cc(Cl)cc(Cl)c2OCc2ccc([N+](=O)[O-])cc2)C2=C1CCCC2=O. The van der Waals surface area contributed by atoms with Crippen molar-refractivity contribution in [1.82, 2.24) is 4.90 Å². The van der Waals surface area contributed by atoms with Gasteiger partial charge in [0.15, 0.2) is 11.6 Å². The van der Waals surface area contributed by atoms with Crippen LogP contribution in [0.15, 0.2) is 58.9 Å². The fourth-order valence-corrected chi connectivity index (χ4v) is 6.23. The number of nitro benzene ring substituents is 1. The minimum atomic E-state index is -1.05. The van der Waals surface area contributed by atoms with E-state index in [1.807, 2.05) is 0 Å². The molecule has 2 aromatic carbocycles. The molecule has 0 aromatic heterocycles. The molecule has 11 heteroatoms. The van der Waals surface area contributed by atoms with E-state index in [0.717, 1.165) is 0 Å². The third kappa shape index (κ3) is 5.16. The predicted octanol–water partition coefficient (Wildman–Crippen LogP) is 5.98. The van der Waals surface area contributed by atoms with E-state index < -0.39 is 16.8 Å². The molecule has 1 aliphatic heterocycles. The summed E-state index contributed by atoms with van der Waals surface area (Å²) in [5.41, 5.74) is 3.05. The van der Waals surface area contributed by atoms with E-state index in [1.54, 1.807) is 23.1 Å². The summed E-state index contributed by atoms with van der Waals surface area (Å²) in [6, 6.07) is 9.03. The normalized spacial score (nSPS) is 17.7. The van der Waals surface area contributed by atoms with Crippen molar-refractivity contribution in [3.05, 3.63) is 90.2 Å². The lowest BCUT2D eigenvalue weighted by molar-refractivity contribution is -0.384. The maximum absolute atomic E-state index is 13.4. The first kappa shape index (κ1) is 26.9. The van der Waals surface area contributed by atoms with Gasteiger partial charge in [-0.3, -0.25) is 24.5 Å². The van der Waals surface area contributed by atoms with Crippen molar-refractivity contribution in [2.45, 2.75) is 51.0 Å². The quantitative estimate of drug-likeness (QED) is 0.318. The molecule has 1 heterocycles. The van der Waals surface area contributed by atoms with Gasteiger partial charge in [-0.2, -0.15) is 0 Å². The Hall–Kier alpha value is -3.69. The number of carbonyl (C=O) groups is 3. The Balaban J connectivity index is 1.64. The van der Waals surface area contributed by atoms with Crippen molar-refractivity contribution in [3.8, 4) is 5.75 Å². The molecular formula is C28H24Cl2N2O7. The lowest BCUT2D eigenvalue weighted by Crippen LogP contribution is -2.41. The molecule has 39 heavy (non-hydrogen) atoms. The second-order valence-electron chi connectivity index (χ2n) is 9.71. The summed E-state index contributed by atoms with van der Waals surface area (Å²) in [6.07, 6.45) is 2.72. The number of non-ortho nitro benzene ring substituents is 1. The number of hydrogen-bond donors (Lipinski definition) is 1. The molecule has 9 nitrogen and oxygen atoms in total. The number of benzene rings is 2. The lowest BCUT2D eigenvalue weighted by Gasteiger charge is -2.43. The van der Waals surface area contributed by atoms with Gasteiger partial charge < -0.3 is 14.7 Å². The molecular weight excluding hydrogens is 547 g/mol. The molecule has 1 N–H and O–H groups in total. The van der Waals surface area contributed by atoms with Crippen molar-refractivity contribution in [3.63, 3.8) is 0 Å². The molecule has 0 fully saturated rings. The van der Waals surface area contributed by atoms with Crippen LogP contribution >= 0.6 is 23.2 Å². The van der Waals surface area contributed by atoms with Gasteiger partial charge in [-0.05, 0) is 55.5 Å². The van der Waals surface area contributed by atoms with Crippen LogP contribution in [0.3, 0.4) is 0 Å². The van der Waals surface area contributed by atoms with Crippen LogP contribution in [0, 0.1) is 10.1 Å². The van der Waals surface area contributed by atoms with E-state index in [1.165, 1.54) is 18.2 Å². The molecule has 0 amide bonds. The van der Waals surface area contributed by atoms with Crippen molar-refractivity contribution in [2.24, 2.45) is 0 Å². The van der Waals surface area contributed by atoms with Gasteiger partial charge in [-0.15, -0.1) is 0 Å². The number of nitro groups is 1. The third-order valence-electron chi connectivity index (χ3n) is 7.26. The standard InChI is InChI=1S/C28H24Cl2N2O7/c29-16-11-18(28(19(30)12-16)39-14-15-7-9-17(10-8-15)32(37)38)25-26-20(3-1-5-22(26)33)31(13-24(35)36)21-4-2-6-23(34)27(21)25/h7-12,25H,1-6,13-14H2,(H,35,36). The Morgan fingerprint density at radius 2 is 1.59 bits per heavy atom. The number of nitrogens with zero attached hydrogens (tertiary/aromatic N) is 2. The minimum absolute atomic E-state index is 0.0178. The minimum Gasteiger partial charge on any atom is -0.487 e. The monoisotopic (exact) mass is 570 g/mol. The van der Waals surface area contributed by atoms with Gasteiger partial charge in [0.25, 0.3) is 5.69 Å². The first-order chi connectivity index (χ1) is 18.7. The first-order valence-electron chi connectivity index (χ1n) is 12.5. The summed E-state index contributed by atoms with van der Waals surface area (Å²) in [6.45, 7) is -0.325. The van der Waals surface area contributed by atoms with Crippen molar-refractivity contribution < 1.29 is 29.2 Å². The highest BCUT2D eigenvalue weighted by molar-refractivity contribution is 6.35. The number of halogens is 2. The van der Waals surface area contributed by atoms with Gasteiger partial charge in [0.2, 0.25) is 0 Å². The molecule has 0 bridgehead atoms. The van der Waals surface area contributed by atoms with E-state index >= 15 is 0 Å². The van der Waals surface area contributed by atoms with Crippen LogP contribution in [0.25, 0.3) is 0 Å². The number of carbonyl (C=O) groups excluding carboxylic acids is 2. The largest absolute Gasteiger partial charge is 0.487 e. The number of carboxylic acids is 1. The smallest absolute Gasteiger partial charge is 0.323 e. The zero-order chi connectivity index (χ0) is 27.8. The molecule has 3 aliphatic rings. The first-order valence-corrected chi connectivity index (χ1v) is 13.3. The number of rotatable bonds is 7. The number of allylic oxidation sites excluding steroid dienone is 4. The van der Waals surface area contributed by atoms with E-state index in [4.69, 9.17) is 27.9 Å². The molecule has 2 aromatic rings. The van der Waals surface area contributed by atoms with E-state index in [9.17, 15) is 29.6 Å². The van der Waals surface area contributed by atoms with Gasteiger partial charge in [-0.1, -0.05) is 23.2 Å². The number of aliphatic carboxylic acids is 1. The Labute approximate surface area is 233 Å². The number of ether oxygens (including phenoxy) is 1. The fraction of sp³-hybridized carbons (Fsp3) is 0.321. The lowest BCUT2D eigenvalue weighted by atomic mass is 9.70. The summed E-state index contributed by atoms with van der Waals surface area (Å²) in [5.74, 6) is -1.92. The van der Waals surface area contributed by atoms with Crippen LogP contribution in [-0.4, -0.2) is 39.0 Å². The summed E-state index contributed by atoms with van der Waals surface area (Å²) < 4.78 is 6.15. The zero-order valence-corrected chi connectivity index (χ0v) is 22.3. The van der Waals surface area contributed by atoms with E-state index in [0.29, 0.717) is 64.4 Å². The van der Waals surface area contributed by atoms with Crippen molar-refractivity contribution in [1.29, 1.82) is 0 Å². The van der Waals surface area contributed by atoms with E-state index in [2.05, 4.69) is 0 Å². The molecule has 0 saturated carbocycles. The Morgan fingerprint density at radius 1 is 1.00 bits per heavy atom. The van der Waals surface area contributed by atoms with Crippen molar-refractivity contribution >= 4 is 46.4 Å². The van der Waals surface area contributed by atoms with Gasteiger partial charge in [-0.25, -0.2) is 0 Å². The highest BCUT2D eigenvalue weighted by Crippen LogP contribution is 2.52. The molecule has 0 radical (unpaired) electrons. The third-order valence-corrected chi connectivity index (χ3v) is 7.76. The average molecular weight is 571 g/mol. The maximum atomic E-state index is 13.4. The Morgan fingerprint density at radius 3 is 2.13 bits per heavy atom. The van der Waals surface area contributed by atoms with Gasteiger partial charge >= 0.3 is 5.97 Å². The molecule has 0 unspecified atom stereocenters. The van der Waals surface area contributed by atoms with Gasteiger partial charge in [0, 0.05) is 64.0 Å². The Bertz CT molecular complexity index is 1420. The van der Waals surface area contributed by atoms with Crippen LogP contribution < -0.4 is 4.74 Å². The molecule has 5 rings (SSSR count). The number of ketones is 2. The van der Waals surface area contributed by atoms with E-state index in [-0.39, 0.29) is 54.0 Å². The van der Waals surface area contributed by atoms with Crippen molar-refractivity contribution in [2.75, 3.05) is 6.54 Å². The topological polar surface area (TPSA) is 127 Å². The average Bonchev–Trinajstić information content (AvgIpc) is 2.88. The summed E-state index contributed by atoms with van der Waals surface area (Å²) in [7, 11) is 0. The molecule has 0 spiro atoms. The molecule has 202 valence electrons. The Kier molecular flexibility index (Phi) is 7.46. The second kappa shape index (κ2) is 10.8. The molecule has 0 saturated heterocycles.